The normalized spacial score (nSPS) is 19.1. The molecule has 3 unspecified atom stereocenters. The summed E-state index contributed by atoms with van der Waals surface area (Å²) in [5.41, 5.74) is 0.0126. The SMILES string of the molecule is CCOc1cc(C2c3sc(=O)[nH]c3SC3C(=O)N(c4ccc(Cl)cc4)C(=O)C32)ccc1OCC(=O)Nc1cccc(C(F)(F)F)c1. The van der Waals surface area contributed by atoms with E-state index in [0.29, 0.717) is 26.2 Å². The average molecular weight is 690 g/mol. The van der Waals surface area contributed by atoms with Gasteiger partial charge in [0.05, 0.1) is 28.8 Å². The molecule has 0 saturated carbocycles. The van der Waals surface area contributed by atoms with Crippen molar-refractivity contribution in [1.29, 1.82) is 0 Å². The number of thiazole rings is 1. The van der Waals surface area contributed by atoms with E-state index in [2.05, 4.69) is 10.3 Å². The third-order valence-corrected chi connectivity index (χ3v) is 10.0. The highest BCUT2D eigenvalue weighted by Crippen LogP contribution is 2.54. The minimum absolute atomic E-state index is 0.0433. The zero-order chi connectivity index (χ0) is 32.7. The van der Waals surface area contributed by atoms with Gasteiger partial charge in [-0.1, -0.05) is 46.8 Å². The van der Waals surface area contributed by atoms with Gasteiger partial charge in [0.1, 0.15) is 5.25 Å². The highest BCUT2D eigenvalue weighted by atomic mass is 35.5. The minimum atomic E-state index is -4.57. The molecule has 3 heterocycles. The molecule has 3 amide bonds. The molecular weight excluding hydrogens is 667 g/mol. The lowest BCUT2D eigenvalue weighted by Crippen LogP contribution is -2.32. The standard InChI is InChI=1S/C31H23ClF3N3O6S2/c1-2-43-21-12-15(6-11-20(21)44-14-22(39)36-18-5-3-4-16(13-18)31(33,34)35)23-24-26(45-27-25(23)46-30(42)37-27)29(41)38(28(24)40)19-9-7-17(32)8-10-19/h3-13,23-24,26H,2,14H2,1H3,(H,36,39)(H,37,42). The summed E-state index contributed by atoms with van der Waals surface area (Å²) in [6, 6.07) is 15.4. The molecule has 1 saturated heterocycles. The zero-order valence-corrected chi connectivity index (χ0v) is 26.1. The number of thioether (sulfide) groups is 1. The molecule has 3 atom stereocenters. The molecule has 2 aliphatic rings. The van der Waals surface area contributed by atoms with Crippen molar-refractivity contribution in [2.75, 3.05) is 23.4 Å². The Hall–Kier alpha value is -4.27. The van der Waals surface area contributed by atoms with Gasteiger partial charge in [0.25, 0.3) is 5.91 Å². The van der Waals surface area contributed by atoms with E-state index in [1.807, 2.05) is 0 Å². The Morgan fingerprint density at radius 2 is 1.76 bits per heavy atom. The van der Waals surface area contributed by atoms with Gasteiger partial charge >= 0.3 is 11.0 Å². The summed E-state index contributed by atoms with van der Waals surface area (Å²) in [5, 5.41) is 2.53. The quantitative estimate of drug-likeness (QED) is 0.208. The molecule has 6 rings (SSSR count). The summed E-state index contributed by atoms with van der Waals surface area (Å²) in [4.78, 5) is 56.7. The molecule has 4 aromatic rings. The Morgan fingerprint density at radius 1 is 1.00 bits per heavy atom. The molecule has 238 valence electrons. The molecule has 0 aliphatic carbocycles. The van der Waals surface area contributed by atoms with Gasteiger partial charge in [0.2, 0.25) is 11.8 Å². The number of fused-ring (bicyclic) bond motifs is 2. The van der Waals surface area contributed by atoms with Crippen LogP contribution >= 0.6 is 34.7 Å². The van der Waals surface area contributed by atoms with Gasteiger partial charge in [-0.05, 0) is 67.1 Å². The number of hydrogen-bond donors (Lipinski definition) is 2. The molecule has 3 aromatic carbocycles. The maximum atomic E-state index is 13.9. The minimum Gasteiger partial charge on any atom is -0.490 e. The first-order valence-electron chi connectivity index (χ1n) is 13.8. The lowest BCUT2D eigenvalue weighted by atomic mass is 9.83. The molecule has 9 nitrogen and oxygen atoms in total. The Balaban J connectivity index is 1.28. The third kappa shape index (κ3) is 6.11. The van der Waals surface area contributed by atoms with Gasteiger partial charge in [-0.15, -0.1) is 0 Å². The van der Waals surface area contributed by atoms with Crippen LogP contribution in [0.5, 0.6) is 11.5 Å². The van der Waals surface area contributed by atoms with Gasteiger partial charge in [-0.25, -0.2) is 4.90 Å². The fourth-order valence-corrected chi connectivity index (χ4v) is 8.08. The molecule has 2 N–H and O–H groups in total. The number of aromatic amines is 1. The van der Waals surface area contributed by atoms with E-state index in [1.54, 1.807) is 49.4 Å². The number of carbonyl (C=O) groups is 3. The van der Waals surface area contributed by atoms with E-state index in [9.17, 15) is 32.3 Å². The number of nitrogens with one attached hydrogen (secondary N) is 2. The fraction of sp³-hybridized carbons (Fsp3) is 0.226. The average Bonchev–Trinajstić information content (AvgIpc) is 3.50. The summed E-state index contributed by atoms with van der Waals surface area (Å²) >= 11 is 8.13. The van der Waals surface area contributed by atoms with Crippen LogP contribution in [0.15, 0.2) is 76.6 Å². The van der Waals surface area contributed by atoms with E-state index >= 15 is 0 Å². The largest absolute Gasteiger partial charge is 0.490 e. The molecule has 1 aromatic heterocycles. The molecule has 1 fully saturated rings. The van der Waals surface area contributed by atoms with Crippen LogP contribution in [0.1, 0.15) is 28.8 Å². The number of anilines is 2. The number of amides is 3. The lowest BCUT2D eigenvalue weighted by molar-refractivity contribution is -0.137. The molecule has 0 bridgehead atoms. The van der Waals surface area contributed by atoms with Crippen molar-refractivity contribution in [1.82, 2.24) is 4.98 Å². The predicted octanol–water partition coefficient (Wildman–Crippen LogP) is 6.32. The van der Waals surface area contributed by atoms with E-state index in [0.717, 1.165) is 40.1 Å². The number of benzene rings is 3. The Kier molecular flexibility index (Phi) is 8.61. The second-order valence-corrected chi connectivity index (χ2v) is 12.9. The molecular formula is C31H23ClF3N3O6S2. The number of H-pyrrole nitrogens is 1. The van der Waals surface area contributed by atoms with E-state index < -0.39 is 53.2 Å². The summed E-state index contributed by atoms with van der Waals surface area (Å²) in [7, 11) is 0. The number of halogens is 4. The smallest absolute Gasteiger partial charge is 0.416 e. The van der Waals surface area contributed by atoms with E-state index in [-0.39, 0.29) is 28.7 Å². The van der Waals surface area contributed by atoms with Crippen LogP contribution in [0.25, 0.3) is 0 Å². The third-order valence-electron chi connectivity index (χ3n) is 7.37. The van der Waals surface area contributed by atoms with E-state index in [1.165, 1.54) is 12.1 Å². The first kappa shape index (κ1) is 31.7. The van der Waals surface area contributed by atoms with Crippen LogP contribution in [0.2, 0.25) is 5.02 Å². The molecule has 0 radical (unpaired) electrons. The van der Waals surface area contributed by atoms with Crippen molar-refractivity contribution >= 4 is 63.8 Å². The second-order valence-electron chi connectivity index (χ2n) is 10.3. The van der Waals surface area contributed by atoms with Gasteiger partial charge < -0.3 is 19.8 Å². The van der Waals surface area contributed by atoms with Crippen LogP contribution in [-0.2, 0) is 20.6 Å². The lowest BCUT2D eigenvalue weighted by Gasteiger charge is -2.30. The van der Waals surface area contributed by atoms with Crippen LogP contribution in [0, 0.1) is 5.92 Å². The molecule has 0 spiro atoms. The van der Waals surface area contributed by atoms with Crippen LogP contribution in [0.4, 0.5) is 24.5 Å². The van der Waals surface area contributed by atoms with Crippen molar-refractivity contribution in [3.63, 3.8) is 0 Å². The van der Waals surface area contributed by atoms with Crippen LogP contribution in [0.3, 0.4) is 0 Å². The van der Waals surface area contributed by atoms with E-state index in [4.69, 9.17) is 21.1 Å². The van der Waals surface area contributed by atoms with Crippen LogP contribution in [-0.4, -0.2) is 41.2 Å². The summed E-state index contributed by atoms with van der Waals surface area (Å²) in [6.07, 6.45) is -4.57. The van der Waals surface area contributed by atoms with Gasteiger partial charge in [-0.2, -0.15) is 13.2 Å². The van der Waals surface area contributed by atoms with Crippen molar-refractivity contribution in [2.45, 2.75) is 29.3 Å². The number of hydrogen-bond acceptors (Lipinski definition) is 8. The number of ether oxygens (including phenoxy) is 2. The molecule has 15 heteroatoms. The van der Waals surface area contributed by atoms with Crippen molar-refractivity contribution in [3.8, 4) is 11.5 Å². The number of imide groups is 1. The topological polar surface area (TPSA) is 118 Å². The fourth-order valence-electron chi connectivity index (χ4n) is 5.44. The van der Waals surface area contributed by atoms with Crippen molar-refractivity contribution in [2.24, 2.45) is 5.92 Å². The number of rotatable bonds is 8. The summed E-state index contributed by atoms with van der Waals surface area (Å²) < 4.78 is 50.6. The van der Waals surface area contributed by atoms with Gasteiger partial charge in [-0.3, -0.25) is 19.2 Å². The number of aromatic nitrogens is 1. The molecule has 46 heavy (non-hydrogen) atoms. The second kappa shape index (κ2) is 12.5. The van der Waals surface area contributed by atoms with Crippen molar-refractivity contribution < 1.29 is 37.0 Å². The zero-order valence-electron chi connectivity index (χ0n) is 23.7. The Labute approximate surface area is 272 Å². The summed E-state index contributed by atoms with van der Waals surface area (Å²) in [5.74, 6) is -2.66. The predicted molar refractivity (Wildman–Crippen MR) is 167 cm³/mol. The first-order valence-corrected chi connectivity index (χ1v) is 15.9. The Bertz CT molecular complexity index is 1900. The number of alkyl halides is 3. The van der Waals surface area contributed by atoms with Gasteiger partial charge in [0, 0.05) is 21.5 Å². The highest BCUT2D eigenvalue weighted by Gasteiger charge is 2.56. The number of carbonyl (C=O) groups excluding carboxylic acids is 3. The number of nitrogens with zero attached hydrogens (tertiary/aromatic N) is 1. The van der Waals surface area contributed by atoms with Crippen molar-refractivity contribution in [3.05, 3.63) is 97.4 Å². The Morgan fingerprint density at radius 3 is 2.48 bits per heavy atom. The monoisotopic (exact) mass is 689 g/mol. The maximum Gasteiger partial charge on any atom is 0.416 e. The molecule has 2 aliphatic heterocycles. The van der Waals surface area contributed by atoms with Gasteiger partial charge in [0.15, 0.2) is 18.1 Å². The maximum absolute atomic E-state index is 13.9. The summed E-state index contributed by atoms with van der Waals surface area (Å²) in [6.45, 7) is 1.42. The van der Waals surface area contributed by atoms with Crippen LogP contribution < -0.4 is 24.6 Å². The first-order chi connectivity index (χ1) is 21.9. The highest BCUT2D eigenvalue weighted by molar-refractivity contribution is 8.00.